The highest BCUT2D eigenvalue weighted by Crippen LogP contribution is 2.35. The zero-order valence-corrected chi connectivity index (χ0v) is 9.22. The van der Waals surface area contributed by atoms with E-state index >= 15 is 0 Å². The molecule has 0 unspecified atom stereocenters. The fraction of sp³-hybridized carbons (Fsp3) is 1.00. The summed E-state index contributed by atoms with van der Waals surface area (Å²) in [6.07, 6.45) is -6.14. The fourth-order valence-corrected chi connectivity index (χ4v) is 0.903. The van der Waals surface area contributed by atoms with E-state index in [9.17, 15) is 43.5 Å². The third kappa shape index (κ3) is 5.30. The number of nitrogens with one attached hydrogen (secondary N) is 1. The maximum atomic E-state index is 12.0. The first kappa shape index (κ1) is 19.6. The van der Waals surface area contributed by atoms with Gasteiger partial charge >= 0.3 is 27.6 Å². The van der Waals surface area contributed by atoms with Crippen molar-refractivity contribution in [2.45, 2.75) is 17.6 Å². The molecule has 0 aromatic heterocycles. The number of hydrogen-bond donors (Lipinski definition) is 2. The maximum absolute atomic E-state index is 12.0. The lowest BCUT2D eigenvalue weighted by atomic mass is 10.3. The molecule has 0 heterocycles. The number of alkyl halides is 8. The van der Waals surface area contributed by atoms with Crippen molar-refractivity contribution in [2.75, 3.05) is 13.7 Å². The Kier molecular flexibility index (Phi) is 6.51. The number of hydrogen-bond acceptors (Lipinski definition) is 3. The molecule has 18 heavy (non-hydrogen) atoms. The number of aliphatic hydroxyl groups is 1. The number of sulfonamides is 1. The van der Waals surface area contributed by atoms with Gasteiger partial charge in [0.1, 0.15) is 0 Å². The van der Waals surface area contributed by atoms with Crippen LogP contribution < -0.4 is 4.72 Å². The van der Waals surface area contributed by atoms with Crippen LogP contribution in [0.25, 0.3) is 0 Å². The van der Waals surface area contributed by atoms with Crippen molar-refractivity contribution >= 4 is 10.0 Å². The SMILES string of the molecule is CO.O=S(=O)(NCC(F)(F)C(F)(F)F)C(F)(F)F. The van der Waals surface area contributed by atoms with Crippen LogP contribution in [0.15, 0.2) is 0 Å². The van der Waals surface area contributed by atoms with Gasteiger partial charge in [0, 0.05) is 7.11 Å². The molecule has 0 rings (SSSR count). The quantitative estimate of drug-likeness (QED) is 0.770. The summed E-state index contributed by atoms with van der Waals surface area (Å²) in [5, 5.41) is 7.00. The molecule has 4 nitrogen and oxygen atoms in total. The molecule has 0 aromatic carbocycles. The molecule has 0 bridgehead atoms. The lowest BCUT2D eigenvalue weighted by molar-refractivity contribution is -0.278. The predicted molar refractivity (Wildman–Crippen MR) is 42.1 cm³/mol. The molecular formula is C5H7F8NO3S. The fourth-order valence-electron chi connectivity index (χ4n) is 0.368. The van der Waals surface area contributed by atoms with Crippen LogP contribution in [0.5, 0.6) is 0 Å². The molecule has 0 aliphatic rings. The van der Waals surface area contributed by atoms with Crippen molar-refractivity contribution in [1.29, 1.82) is 0 Å². The molecule has 0 saturated heterocycles. The zero-order chi connectivity index (χ0) is 15.4. The maximum Gasteiger partial charge on any atom is 0.511 e. The van der Waals surface area contributed by atoms with Gasteiger partial charge in [0.25, 0.3) is 0 Å². The van der Waals surface area contributed by atoms with E-state index in [1.54, 1.807) is 0 Å². The molecule has 0 atom stereocenters. The van der Waals surface area contributed by atoms with Crippen LogP contribution in [-0.2, 0) is 10.0 Å². The summed E-state index contributed by atoms with van der Waals surface area (Å²) in [6.45, 7) is -2.71. The molecule has 0 amide bonds. The summed E-state index contributed by atoms with van der Waals surface area (Å²) in [5.41, 5.74) is -5.95. The van der Waals surface area contributed by atoms with E-state index < -0.39 is 34.2 Å². The van der Waals surface area contributed by atoms with Gasteiger partial charge in [-0.3, -0.25) is 0 Å². The molecule has 0 aromatic rings. The van der Waals surface area contributed by atoms with Crippen molar-refractivity contribution in [3.63, 3.8) is 0 Å². The molecule has 0 aliphatic carbocycles. The van der Waals surface area contributed by atoms with Crippen molar-refractivity contribution in [3.05, 3.63) is 0 Å². The second-order valence-electron chi connectivity index (χ2n) is 2.47. The first-order valence-electron chi connectivity index (χ1n) is 3.66. The average molecular weight is 313 g/mol. The first-order chi connectivity index (χ1) is 7.71. The van der Waals surface area contributed by atoms with Gasteiger partial charge in [0.15, 0.2) is 0 Å². The normalized spacial score (nSPS) is 13.9. The number of halogens is 8. The Bertz CT molecular complexity index is 345. The van der Waals surface area contributed by atoms with E-state index in [1.807, 2.05) is 0 Å². The zero-order valence-electron chi connectivity index (χ0n) is 8.40. The topological polar surface area (TPSA) is 66.4 Å². The van der Waals surface area contributed by atoms with Gasteiger partial charge in [0.2, 0.25) is 0 Å². The van der Waals surface area contributed by atoms with E-state index in [1.165, 1.54) is 0 Å². The largest absolute Gasteiger partial charge is 0.511 e. The van der Waals surface area contributed by atoms with Gasteiger partial charge in [-0.25, -0.2) is 13.1 Å². The summed E-state index contributed by atoms with van der Waals surface area (Å²) in [5.74, 6) is -5.58. The van der Waals surface area contributed by atoms with Crippen LogP contribution >= 0.6 is 0 Å². The smallest absolute Gasteiger partial charge is 0.400 e. The minimum absolute atomic E-state index is 0.123. The van der Waals surface area contributed by atoms with Crippen LogP contribution in [0, 0.1) is 0 Å². The van der Waals surface area contributed by atoms with Gasteiger partial charge < -0.3 is 5.11 Å². The van der Waals surface area contributed by atoms with Crippen LogP contribution in [0.3, 0.4) is 0 Å². The Morgan fingerprint density at radius 2 is 1.28 bits per heavy atom. The Morgan fingerprint density at radius 3 is 1.50 bits per heavy atom. The Morgan fingerprint density at radius 1 is 0.944 bits per heavy atom. The van der Waals surface area contributed by atoms with Crippen LogP contribution in [-0.4, -0.2) is 44.8 Å². The van der Waals surface area contributed by atoms with Gasteiger partial charge in [-0.2, -0.15) is 35.1 Å². The highest BCUT2D eigenvalue weighted by Gasteiger charge is 2.59. The van der Waals surface area contributed by atoms with Gasteiger partial charge in [0.05, 0.1) is 6.54 Å². The second-order valence-corrected chi connectivity index (χ2v) is 4.23. The molecule has 0 aliphatic heterocycles. The first-order valence-corrected chi connectivity index (χ1v) is 5.14. The summed E-state index contributed by atoms with van der Waals surface area (Å²) in [7, 11) is -5.22. The van der Waals surface area contributed by atoms with Gasteiger partial charge in [-0.05, 0) is 0 Å². The van der Waals surface area contributed by atoms with Crippen molar-refractivity contribution in [1.82, 2.24) is 4.72 Å². The van der Waals surface area contributed by atoms with Crippen LogP contribution in [0.4, 0.5) is 35.1 Å². The Labute approximate surface area is 95.6 Å². The van der Waals surface area contributed by atoms with Gasteiger partial charge in [-0.1, -0.05) is 0 Å². The third-order valence-corrected chi connectivity index (χ3v) is 2.34. The highest BCUT2D eigenvalue weighted by molar-refractivity contribution is 7.90. The highest BCUT2D eigenvalue weighted by atomic mass is 32.2. The molecule has 0 saturated carbocycles. The van der Waals surface area contributed by atoms with E-state index in [-0.39, 0.29) is 4.72 Å². The Hall–Kier alpha value is -0.690. The van der Waals surface area contributed by atoms with Crippen molar-refractivity contribution in [2.24, 2.45) is 0 Å². The van der Waals surface area contributed by atoms with Crippen molar-refractivity contribution < 1.29 is 48.6 Å². The average Bonchev–Trinajstić information content (AvgIpc) is 2.15. The van der Waals surface area contributed by atoms with E-state index in [0.29, 0.717) is 0 Å². The van der Waals surface area contributed by atoms with E-state index in [4.69, 9.17) is 5.11 Å². The van der Waals surface area contributed by atoms with Crippen LogP contribution in [0.1, 0.15) is 0 Å². The van der Waals surface area contributed by atoms with Crippen molar-refractivity contribution in [3.8, 4) is 0 Å². The standard InChI is InChI=1S/C4H3F8NO2S.CH4O/c5-2(6,3(7,8)9)1-13-16(14,15)4(10,11)12;1-2/h13H,1H2;2H,1H3. The summed E-state index contributed by atoms with van der Waals surface area (Å²) >= 11 is 0. The minimum Gasteiger partial charge on any atom is -0.400 e. The third-order valence-electron chi connectivity index (χ3n) is 1.20. The Balaban J connectivity index is 0. The van der Waals surface area contributed by atoms with Crippen LogP contribution in [0.2, 0.25) is 0 Å². The summed E-state index contributed by atoms with van der Waals surface area (Å²) < 4.78 is 113. The molecule has 0 radical (unpaired) electrons. The number of aliphatic hydroxyl groups excluding tert-OH is 1. The van der Waals surface area contributed by atoms with E-state index in [0.717, 1.165) is 7.11 Å². The molecular weight excluding hydrogens is 306 g/mol. The molecule has 0 spiro atoms. The summed E-state index contributed by atoms with van der Waals surface area (Å²) in [6, 6.07) is 0. The second kappa shape index (κ2) is 5.97. The number of rotatable bonds is 3. The molecule has 13 heteroatoms. The molecule has 0 fully saturated rings. The van der Waals surface area contributed by atoms with Gasteiger partial charge in [-0.15, -0.1) is 0 Å². The summed E-state index contributed by atoms with van der Waals surface area (Å²) in [4.78, 5) is 0. The predicted octanol–water partition coefficient (Wildman–Crippen LogP) is 1.23. The lowest BCUT2D eigenvalue weighted by Gasteiger charge is -2.20. The molecule has 2 N–H and O–H groups in total. The lowest BCUT2D eigenvalue weighted by Crippen LogP contribution is -2.49. The van der Waals surface area contributed by atoms with E-state index in [2.05, 4.69) is 0 Å². The minimum atomic E-state index is -6.22. The molecule has 112 valence electrons. The monoisotopic (exact) mass is 313 g/mol.